The van der Waals surface area contributed by atoms with Crippen LogP contribution in [0.25, 0.3) is 0 Å². The summed E-state index contributed by atoms with van der Waals surface area (Å²) in [6, 6.07) is 17.9. The summed E-state index contributed by atoms with van der Waals surface area (Å²) in [4.78, 5) is 12.5. The fourth-order valence-electron chi connectivity index (χ4n) is 2.67. The fourth-order valence-corrected chi connectivity index (χ4v) is 3.95. The first-order valence-corrected chi connectivity index (χ1v) is 9.40. The Kier molecular flexibility index (Phi) is 5.72. The maximum absolute atomic E-state index is 12.3. The summed E-state index contributed by atoms with van der Waals surface area (Å²) in [6.45, 7) is 4.10. The molecule has 2 aromatic rings. The van der Waals surface area contributed by atoms with Crippen LogP contribution in [0.1, 0.15) is 31.7 Å². The third-order valence-electron chi connectivity index (χ3n) is 3.93. The number of benzene rings is 2. The number of carbonyl (C=O) groups excluding carboxylic acids is 1. The highest BCUT2D eigenvalue weighted by atomic mass is 32.2. The average molecular weight is 330 g/mol. The van der Waals surface area contributed by atoms with E-state index in [-0.39, 0.29) is 28.9 Å². The van der Waals surface area contributed by atoms with Crippen molar-refractivity contribution in [2.24, 2.45) is 5.92 Å². The molecule has 2 rings (SSSR count). The van der Waals surface area contributed by atoms with Crippen molar-refractivity contribution in [1.82, 2.24) is 0 Å². The fraction of sp³-hybridized carbons (Fsp3) is 0.316. The Hall–Kier alpha value is -1.94. The molecule has 0 saturated carbocycles. The van der Waals surface area contributed by atoms with Crippen molar-refractivity contribution in [3.05, 3.63) is 66.2 Å². The number of Topliss-reactive ketones (excluding diaryl/α,β-unsaturated/α-hetero) is 1. The number of carbonyl (C=O) groups is 1. The molecule has 1 atom stereocenters. The standard InChI is InChI=1S/C19H22O3S/c1-15(2)19(16-9-5-3-6-10-16)13-17(20)14-23(21,22)18-11-7-4-8-12-18/h3-12,15,19H,13-14H2,1-2H3. The van der Waals surface area contributed by atoms with E-state index in [2.05, 4.69) is 13.8 Å². The predicted octanol–water partition coefficient (Wildman–Crippen LogP) is 3.86. The van der Waals surface area contributed by atoms with Gasteiger partial charge in [-0.05, 0) is 29.5 Å². The van der Waals surface area contributed by atoms with Crippen LogP contribution in [-0.4, -0.2) is 20.0 Å². The van der Waals surface area contributed by atoms with Gasteiger partial charge in [-0.25, -0.2) is 8.42 Å². The van der Waals surface area contributed by atoms with Gasteiger partial charge in [0.05, 0.1) is 4.90 Å². The van der Waals surface area contributed by atoms with Gasteiger partial charge in [-0.3, -0.25) is 4.79 Å². The predicted molar refractivity (Wildman–Crippen MR) is 92.1 cm³/mol. The van der Waals surface area contributed by atoms with E-state index >= 15 is 0 Å². The molecule has 122 valence electrons. The summed E-state index contributed by atoms with van der Waals surface area (Å²) < 4.78 is 24.6. The van der Waals surface area contributed by atoms with Crippen LogP contribution in [-0.2, 0) is 14.6 Å². The molecule has 0 aliphatic carbocycles. The average Bonchev–Trinajstić information content (AvgIpc) is 2.53. The van der Waals surface area contributed by atoms with Crippen molar-refractivity contribution < 1.29 is 13.2 Å². The second kappa shape index (κ2) is 7.55. The minimum Gasteiger partial charge on any atom is -0.299 e. The van der Waals surface area contributed by atoms with Gasteiger partial charge >= 0.3 is 0 Å². The summed E-state index contributed by atoms with van der Waals surface area (Å²) in [5.41, 5.74) is 1.08. The van der Waals surface area contributed by atoms with Gasteiger partial charge in [0.25, 0.3) is 0 Å². The lowest BCUT2D eigenvalue weighted by Gasteiger charge is -2.20. The third-order valence-corrected chi connectivity index (χ3v) is 5.63. The lowest BCUT2D eigenvalue weighted by molar-refractivity contribution is -0.117. The van der Waals surface area contributed by atoms with Crippen molar-refractivity contribution >= 4 is 15.6 Å². The van der Waals surface area contributed by atoms with Gasteiger partial charge in [-0.1, -0.05) is 62.4 Å². The maximum Gasteiger partial charge on any atom is 0.185 e. The van der Waals surface area contributed by atoms with Crippen LogP contribution in [0.3, 0.4) is 0 Å². The first kappa shape index (κ1) is 17.4. The lowest BCUT2D eigenvalue weighted by atomic mass is 9.85. The minimum atomic E-state index is -3.56. The van der Waals surface area contributed by atoms with E-state index < -0.39 is 15.6 Å². The van der Waals surface area contributed by atoms with E-state index in [0.29, 0.717) is 0 Å². The topological polar surface area (TPSA) is 51.2 Å². The quantitative estimate of drug-likeness (QED) is 0.774. The van der Waals surface area contributed by atoms with Crippen molar-refractivity contribution in [2.45, 2.75) is 31.1 Å². The highest BCUT2D eigenvalue weighted by Crippen LogP contribution is 2.28. The maximum atomic E-state index is 12.3. The summed E-state index contributed by atoms with van der Waals surface area (Å²) in [7, 11) is -3.56. The molecule has 1 unspecified atom stereocenters. The molecule has 0 amide bonds. The molecule has 0 aromatic heterocycles. The van der Waals surface area contributed by atoms with Crippen LogP contribution >= 0.6 is 0 Å². The Morgan fingerprint density at radius 1 is 0.913 bits per heavy atom. The summed E-state index contributed by atoms with van der Waals surface area (Å²) in [5.74, 6) is -0.376. The van der Waals surface area contributed by atoms with Crippen LogP contribution in [0.4, 0.5) is 0 Å². The van der Waals surface area contributed by atoms with Crippen LogP contribution in [0.15, 0.2) is 65.6 Å². The smallest absolute Gasteiger partial charge is 0.185 e. The Morgan fingerprint density at radius 3 is 1.96 bits per heavy atom. The van der Waals surface area contributed by atoms with E-state index in [4.69, 9.17) is 0 Å². The van der Waals surface area contributed by atoms with E-state index in [1.165, 1.54) is 12.1 Å². The van der Waals surface area contributed by atoms with Gasteiger partial charge in [-0.2, -0.15) is 0 Å². The van der Waals surface area contributed by atoms with Crippen molar-refractivity contribution in [1.29, 1.82) is 0 Å². The largest absolute Gasteiger partial charge is 0.299 e. The van der Waals surface area contributed by atoms with E-state index in [1.54, 1.807) is 18.2 Å². The third kappa shape index (κ3) is 4.76. The first-order valence-electron chi connectivity index (χ1n) is 7.74. The zero-order valence-corrected chi connectivity index (χ0v) is 14.3. The number of hydrogen-bond donors (Lipinski definition) is 0. The number of rotatable bonds is 7. The molecular weight excluding hydrogens is 308 g/mol. The lowest BCUT2D eigenvalue weighted by Crippen LogP contribution is -2.20. The van der Waals surface area contributed by atoms with Crippen molar-refractivity contribution in [2.75, 3.05) is 5.75 Å². The molecule has 0 heterocycles. The molecule has 3 nitrogen and oxygen atoms in total. The van der Waals surface area contributed by atoms with Crippen molar-refractivity contribution in [3.63, 3.8) is 0 Å². The van der Waals surface area contributed by atoms with E-state index in [0.717, 1.165) is 5.56 Å². The second-order valence-electron chi connectivity index (χ2n) is 6.08. The summed E-state index contributed by atoms with van der Waals surface area (Å²) in [5, 5.41) is 0. The molecule has 0 aliphatic heterocycles. The molecule has 23 heavy (non-hydrogen) atoms. The van der Waals surface area contributed by atoms with Gasteiger partial charge in [0.1, 0.15) is 11.5 Å². The molecular formula is C19H22O3S. The molecule has 0 spiro atoms. The zero-order valence-electron chi connectivity index (χ0n) is 13.5. The van der Waals surface area contributed by atoms with E-state index in [1.807, 2.05) is 30.3 Å². The monoisotopic (exact) mass is 330 g/mol. The Balaban J connectivity index is 2.11. The van der Waals surface area contributed by atoms with Crippen LogP contribution in [0.5, 0.6) is 0 Å². The van der Waals surface area contributed by atoms with Gasteiger partial charge < -0.3 is 0 Å². The first-order chi connectivity index (χ1) is 10.9. The summed E-state index contributed by atoms with van der Waals surface area (Å²) in [6.07, 6.45) is 0.244. The Labute approximate surface area is 138 Å². The second-order valence-corrected chi connectivity index (χ2v) is 8.07. The molecule has 0 saturated heterocycles. The Morgan fingerprint density at radius 2 is 1.43 bits per heavy atom. The SMILES string of the molecule is CC(C)C(CC(=O)CS(=O)(=O)c1ccccc1)c1ccccc1. The van der Waals surface area contributed by atoms with Crippen molar-refractivity contribution in [3.8, 4) is 0 Å². The molecule has 0 N–H and O–H groups in total. The number of hydrogen-bond acceptors (Lipinski definition) is 3. The zero-order chi connectivity index (χ0) is 16.9. The molecule has 2 aromatic carbocycles. The van der Waals surface area contributed by atoms with Gasteiger partial charge in [0.2, 0.25) is 0 Å². The summed E-state index contributed by atoms with van der Waals surface area (Å²) >= 11 is 0. The highest BCUT2D eigenvalue weighted by molar-refractivity contribution is 7.92. The van der Waals surface area contributed by atoms with Gasteiger partial charge in [0.15, 0.2) is 9.84 Å². The van der Waals surface area contributed by atoms with Gasteiger partial charge in [0, 0.05) is 6.42 Å². The molecule has 0 radical (unpaired) electrons. The minimum absolute atomic E-state index is 0.0367. The number of sulfone groups is 1. The molecule has 0 fully saturated rings. The van der Waals surface area contributed by atoms with Crippen LogP contribution < -0.4 is 0 Å². The number of ketones is 1. The highest BCUT2D eigenvalue weighted by Gasteiger charge is 2.24. The van der Waals surface area contributed by atoms with Crippen LogP contribution in [0.2, 0.25) is 0 Å². The molecule has 4 heteroatoms. The normalized spacial score (nSPS) is 13.0. The van der Waals surface area contributed by atoms with Crippen LogP contribution in [0, 0.1) is 5.92 Å². The van der Waals surface area contributed by atoms with Gasteiger partial charge in [-0.15, -0.1) is 0 Å². The Bertz CT molecular complexity index is 735. The van der Waals surface area contributed by atoms with E-state index in [9.17, 15) is 13.2 Å². The molecule has 0 aliphatic rings. The molecule has 0 bridgehead atoms.